The Bertz CT molecular complexity index is 912. The molecule has 2 aromatic carbocycles. The largest absolute Gasteiger partial charge is 0.308 e. The quantitative estimate of drug-likeness (QED) is 0.632. The molecule has 1 amide bonds. The topological polar surface area (TPSA) is 36.4 Å². The first-order chi connectivity index (χ1) is 12.4. The predicted molar refractivity (Wildman–Crippen MR) is 111 cm³/mol. The molecular formula is C20H22ClN3OS. The summed E-state index contributed by atoms with van der Waals surface area (Å²) < 4.78 is 1.09. The summed E-state index contributed by atoms with van der Waals surface area (Å²) in [5, 5.41) is 1.16. The Kier molecular flexibility index (Phi) is 5.61. The van der Waals surface area contributed by atoms with E-state index < -0.39 is 0 Å². The molecule has 136 valence electrons. The Morgan fingerprint density at radius 3 is 2.50 bits per heavy atom. The van der Waals surface area contributed by atoms with Gasteiger partial charge in [-0.3, -0.25) is 9.69 Å². The molecule has 26 heavy (non-hydrogen) atoms. The van der Waals surface area contributed by atoms with Crippen molar-refractivity contribution in [2.75, 3.05) is 32.1 Å². The summed E-state index contributed by atoms with van der Waals surface area (Å²) >= 11 is 7.80. The molecule has 0 aliphatic rings. The van der Waals surface area contributed by atoms with Gasteiger partial charge in [-0.2, -0.15) is 0 Å². The molecule has 1 aromatic heterocycles. The van der Waals surface area contributed by atoms with Gasteiger partial charge in [-0.05, 0) is 63.3 Å². The van der Waals surface area contributed by atoms with E-state index in [4.69, 9.17) is 16.6 Å². The zero-order chi connectivity index (χ0) is 18.8. The number of thiazole rings is 1. The second-order valence-electron chi connectivity index (χ2n) is 6.64. The van der Waals surface area contributed by atoms with Gasteiger partial charge in [0.15, 0.2) is 5.13 Å². The summed E-state index contributed by atoms with van der Waals surface area (Å²) in [6.07, 6.45) is 0. The molecule has 0 aliphatic heterocycles. The van der Waals surface area contributed by atoms with Crippen LogP contribution in [0.25, 0.3) is 10.2 Å². The van der Waals surface area contributed by atoms with Gasteiger partial charge in [-0.25, -0.2) is 4.98 Å². The first-order valence-electron chi connectivity index (χ1n) is 8.45. The molecule has 0 saturated heterocycles. The number of carbonyl (C=O) groups is 1. The molecule has 0 spiro atoms. The summed E-state index contributed by atoms with van der Waals surface area (Å²) in [7, 11) is 3.98. The van der Waals surface area contributed by atoms with Crippen molar-refractivity contribution in [1.29, 1.82) is 0 Å². The summed E-state index contributed by atoms with van der Waals surface area (Å²) in [6, 6.07) is 11.4. The highest BCUT2D eigenvalue weighted by atomic mass is 35.5. The molecule has 6 heteroatoms. The van der Waals surface area contributed by atoms with Crippen LogP contribution in [0.2, 0.25) is 5.02 Å². The Balaban J connectivity index is 2.03. The van der Waals surface area contributed by atoms with Gasteiger partial charge in [0.05, 0.1) is 20.8 Å². The highest BCUT2D eigenvalue weighted by Gasteiger charge is 2.23. The lowest BCUT2D eigenvalue weighted by molar-refractivity contribution is 0.0985. The van der Waals surface area contributed by atoms with E-state index in [0.717, 1.165) is 16.8 Å². The van der Waals surface area contributed by atoms with Crippen LogP contribution in [0, 0.1) is 13.8 Å². The summed E-state index contributed by atoms with van der Waals surface area (Å²) in [5.41, 5.74) is 3.85. The first kappa shape index (κ1) is 18.8. The van der Waals surface area contributed by atoms with Gasteiger partial charge >= 0.3 is 0 Å². The van der Waals surface area contributed by atoms with Crippen molar-refractivity contribution in [2.24, 2.45) is 0 Å². The molecule has 3 rings (SSSR count). The number of aryl methyl sites for hydroxylation is 2. The number of anilines is 1. The molecule has 1 heterocycles. The lowest BCUT2D eigenvalue weighted by Crippen LogP contribution is -2.36. The highest BCUT2D eigenvalue weighted by molar-refractivity contribution is 7.22. The van der Waals surface area contributed by atoms with Gasteiger partial charge in [0.2, 0.25) is 0 Å². The fraction of sp³-hybridized carbons (Fsp3) is 0.300. The zero-order valence-corrected chi connectivity index (χ0v) is 17.0. The van der Waals surface area contributed by atoms with Crippen molar-refractivity contribution in [1.82, 2.24) is 9.88 Å². The summed E-state index contributed by atoms with van der Waals surface area (Å²) in [6.45, 7) is 5.46. The summed E-state index contributed by atoms with van der Waals surface area (Å²) in [4.78, 5) is 21.7. The minimum absolute atomic E-state index is 0.120. The maximum atomic E-state index is 13.2. The van der Waals surface area contributed by atoms with E-state index in [1.54, 1.807) is 28.4 Å². The number of likely N-dealkylation sites (N-methyl/N-ethyl adjacent to an activating group) is 1. The lowest BCUT2D eigenvalue weighted by Gasteiger charge is -2.22. The molecule has 0 radical (unpaired) electrons. The number of hydrogen-bond donors (Lipinski definition) is 0. The van der Waals surface area contributed by atoms with Crippen molar-refractivity contribution >= 4 is 44.2 Å². The zero-order valence-electron chi connectivity index (χ0n) is 15.4. The van der Waals surface area contributed by atoms with E-state index in [1.807, 2.05) is 26.2 Å². The lowest BCUT2D eigenvalue weighted by atomic mass is 10.1. The van der Waals surface area contributed by atoms with Crippen LogP contribution in [0.3, 0.4) is 0 Å². The predicted octanol–water partition coefficient (Wildman–Crippen LogP) is 4.77. The number of fused-ring (bicyclic) bond motifs is 1. The summed E-state index contributed by atoms with van der Waals surface area (Å²) in [5.74, 6) is -0.120. The molecule has 0 atom stereocenters. The second kappa shape index (κ2) is 7.74. The van der Waals surface area contributed by atoms with Crippen LogP contribution < -0.4 is 4.90 Å². The third kappa shape index (κ3) is 3.90. The molecule has 4 nitrogen and oxygen atoms in total. The van der Waals surface area contributed by atoms with Gasteiger partial charge in [0.25, 0.3) is 5.91 Å². The van der Waals surface area contributed by atoms with Crippen molar-refractivity contribution in [2.45, 2.75) is 13.8 Å². The van der Waals surface area contributed by atoms with Crippen molar-refractivity contribution in [3.05, 3.63) is 58.1 Å². The minimum atomic E-state index is -0.120. The maximum absolute atomic E-state index is 13.2. The highest BCUT2D eigenvalue weighted by Crippen LogP contribution is 2.32. The van der Waals surface area contributed by atoms with Crippen molar-refractivity contribution in [3.8, 4) is 0 Å². The first-order valence-corrected chi connectivity index (χ1v) is 9.65. The van der Waals surface area contributed by atoms with Crippen LogP contribution in [0.1, 0.15) is 21.5 Å². The molecule has 0 saturated carbocycles. The number of hydrogen-bond acceptors (Lipinski definition) is 4. The average molecular weight is 388 g/mol. The van der Waals surface area contributed by atoms with E-state index in [9.17, 15) is 4.79 Å². The number of carbonyl (C=O) groups excluding carboxylic acids is 1. The van der Waals surface area contributed by atoms with Crippen LogP contribution >= 0.6 is 22.9 Å². The molecule has 3 aromatic rings. The van der Waals surface area contributed by atoms with Crippen LogP contribution in [0.15, 0.2) is 36.4 Å². The fourth-order valence-corrected chi connectivity index (χ4v) is 3.93. The fourth-order valence-electron chi connectivity index (χ4n) is 2.65. The van der Waals surface area contributed by atoms with Crippen LogP contribution in [0.4, 0.5) is 5.13 Å². The van der Waals surface area contributed by atoms with Crippen LogP contribution in [0.5, 0.6) is 0 Å². The maximum Gasteiger partial charge on any atom is 0.261 e. The number of nitrogens with zero attached hydrogens (tertiary/aromatic N) is 3. The van der Waals surface area contributed by atoms with E-state index in [0.29, 0.717) is 22.3 Å². The van der Waals surface area contributed by atoms with Gasteiger partial charge in [0, 0.05) is 13.1 Å². The SMILES string of the molecule is Cc1cc2nc(N(CCN(C)C)C(=O)c3ccccc3Cl)sc2cc1C. The Morgan fingerprint density at radius 2 is 1.81 bits per heavy atom. The Morgan fingerprint density at radius 1 is 1.12 bits per heavy atom. The molecule has 0 fully saturated rings. The third-order valence-electron chi connectivity index (χ3n) is 4.34. The molecule has 0 bridgehead atoms. The molecule has 0 N–H and O–H groups in total. The van der Waals surface area contributed by atoms with E-state index in [2.05, 4.69) is 30.9 Å². The molecule has 0 aliphatic carbocycles. The standard InChI is InChI=1S/C20H22ClN3OS/c1-13-11-17-18(12-14(13)2)26-20(22-17)24(10-9-23(3)4)19(25)15-7-5-6-8-16(15)21/h5-8,11-12H,9-10H2,1-4H3. The number of rotatable bonds is 5. The number of aromatic nitrogens is 1. The second-order valence-corrected chi connectivity index (χ2v) is 8.06. The van der Waals surface area contributed by atoms with Crippen LogP contribution in [-0.2, 0) is 0 Å². The van der Waals surface area contributed by atoms with Gasteiger partial charge in [-0.15, -0.1) is 0 Å². The average Bonchev–Trinajstić information content (AvgIpc) is 2.97. The number of benzene rings is 2. The Hall–Kier alpha value is -1.95. The molecular weight excluding hydrogens is 366 g/mol. The molecule has 0 unspecified atom stereocenters. The Labute approximate surface area is 163 Å². The van der Waals surface area contributed by atoms with E-state index in [-0.39, 0.29) is 5.91 Å². The van der Waals surface area contributed by atoms with Gasteiger partial charge in [-0.1, -0.05) is 35.1 Å². The normalized spacial score (nSPS) is 11.3. The monoisotopic (exact) mass is 387 g/mol. The minimum Gasteiger partial charge on any atom is -0.308 e. The van der Waals surface area contributed by atoms with Crippen molar-refractivity contribution in [3.63, 3.8) is 0 Å². The smallest absolute Gasteiger partial charge is 0.261 e. The van der Waals surface area contributed by atoms with E-state index >= 15 is 0 Å². The van der Waals surface area contributed by atoms with Gasteiger partial charge < -0.3 is 4.90 Å². The van der Waals surface area contributed by atoms with Crippen molar-refractivity contribution < 1.29 is 4.79 Å². The third-order valence-corrected chi connectivity index (χ3v) is 5.71. The van der Waals surface area contributed by atoms with E-state index in [1.165, 1.54) is 11.1 Å². The number of halogens is 1. The number of amides is 1. The van der Waals surface area contributed by atoms with Crippen LogP contribution in [-0.4, -0.2) is 43.0 Å². The van der Waals surface area contributed by atoms with Gasteiger partial charge in [0.1, 0.15) is 0 Å².